The number of nitrogens with zero attached hydrogens (tertiary/aromatic N) is 20. The first-order valence-corrected chi connectivity index (χ1v) is 55.4. The van der Waals surface area contributed by atoms with Crippen molar-refractivity contribution < 1.29 is 59.6 Å². The van der Waals surface area contributed by atoms with Gasteiger partial charge in [0.05, 0.1) is 0 Å². The highest BCUT2D eigenvalue weighted by Gasteiger charge is 2.24. The summed E-state index contributed by atoms with van der Waals surface area (Å²) in [6.07, 6.45) is 28.0. The lowest BCUT2D eigenvalue weighted by atomic mass is 10.1. The van der Waals surface area contributed by atoms with Crippen LogP contribution in [-0.4, -0.2) is 162 Å². The van der Waals surface area contributed by atoms with E-state index in [1.54, 1.807) is 96.1 Å². The number of aromatic amines is 1. The zero-order chi connectivity index (χ0) is 107. The summed E-state index contributed by atoms with van der Waals surface area (Å²) in [5, 5.41) is 1.73. The van der Waals surface area contributed by atoms with E-state index < -0.39 is 56.8 Å². The van der Waals surface area contributed by atoms with Gasteiger partial charge in [0.15, 0.2) is 20.1 Å². The zero-order valence-electron chi connectivity index (χ0n) is 76.2. The van der Waals surface area contributed by atoms with Crippen molar-refractivity contribution in [2.75, 3.05) is 20.9 Å². The summed E-state index contributed by atoms with van der Waals surface area (Å²) in [6, 6.07) is 57.8. The van der Waals surface area contributed by atoms with Crippen molar-refractivity contribution in [3.8, 4) is 35.3 Å². The van der Waals surface area contributed by atoms with E-state index in [2.05, 4.69) is 118 Å². The van der Waals surface area contributed by atoms with E-state index in [1.165, 1.54) is 132 Å². The second kappa shape index (κ2) is 57.0. The van der Waals surface area contributed by atoms with Gasteiger partial charge in [-0.2, -0.15) is 48.6 Å². The van der Waals surface area contributed by atoms with Gasteiger partial charge in [-0.1, -0.05) is 70.7 Å². The van der Waals surface area contributed by atoms with Crippen LogP contribution in [0.25, 0.3) is 35.3 Å². The first-order chi connectivity index (χ1) is 68.0. The summed E-state index contributed by atoms with van der Waals surface area (Å²) in [7, 11) is -5.00. The molecule has 0 aliphatic rings. The number of nitrogens with one attached hydrogen (secondary N) is 3. The molecular weight excluding hydrogens is 2250 g/mol. The minimum Gasteiger partial charge on any atom is -0.399 e. The molecule has 0 aliphatic heterocycles. The molecule has 0 unspecified atom stereocenters. The second-order valence-corrected chi connectivity index (χ2v) is 43.8. The molecule has 18 aromatic rings. The average molecular weight is 2330 g/mol. The monoisotopic (exact) mass is 2330 g/mol. The molecule has 0 saturated heterocycles. The number of anilines is 4. The maximum absolute atomic E-state index is 12.8. The van der Waals surface area contributed by atoms with Crippen LogP contribution >= 0.6 is 136 Å². The van der Waals surface area contributed by atoms with Crippen molar-refractivity contribution in [1.82, 2.24) is 102 Å². The molecular formula is C88H83Cl12N25O14S6. The van der Waals surface area contributed by atoms with Crippen LogP contribution in [0, 0.1) is 55.4 Å². The molecule has 0 saturated carbocycles. The van der Waals surface area contributed by atoms with E-state index in [0.717, 1.165) is 39.4 Å². The fourth-order valence-electron chi connectivity index (χ4n) is 11.8. The highest BCUT2D eigenvalue weighted by Crippen LogP contribution is 2.27. The van der Waals surface area contributed by atoms with Gasteiger partial charge in [-0.3, -0.25) is 41.4 Å². The van der Waals surface area contributed by atoms with Crippen LogP contribution in [0.2, 0.25) is 41.7 Å². The van der Waals surface area contributed by atoms with E-state index in [4.69, 9.17) is 152 Å². The molecule has 9 N–H and O–H groups in total. The molecule has 0 amide bonds. The van der Waals surface area contributed by atoms with Gasteiger partial charge in [0, 0.05) is 171 Å². The quantitative estimate of drug-likeness (QED) is 0.0175. The van der Waals surface area contributed by atoms with E-state index in [1.807, 2.05) is 170 Å². The molecule has 0 radical (unpaired) electrons. The highest BCUT2D eigenvalue weighted by molar-refractivity contribution is 8.14. The third kappa shape index (κ3) is 44.7. The largest absolute Gasteiger partial charge is 0.399 e. The number of benzene rings is 4. The van der Waals surface area contributed by atoms with E-state index >= 15 is 0 Å². The summed E-state index contributed by atoms with van der Waals surface area (Å²) in [5.74, 6) is 2.42. The Balaban J connectivity index is 0.000000221. The smallest absolute Gasteiger partial charge is 0.353 e. The molecule has 57 heteroatoms. The maximum atomic E-state index is 12.8. The zero-order valence-corrected chi connectivity index (χ0v) is 90.2. The molecule has 39 nitrogen and oxygen atoms in total. The topological polar surface area (TPSA) is 547 Å². The molecule has 14 heterocycles. The predicted molar refractivity (Wildman–Crippen MR) is 566 cm³/mol. The van der Waals surface area contributed by atoms with Crippen molar-refractivity contribution in [1.29, 1.82) is 0 Å². The van der Waals surface area contributed by atoms with Crippen LogP contribution in [0.1, 0.15) is 44.5 Å². The van der Waals surface area contributed by atoms with Gasteiger partial charge < -0.3 is 21.0 Å². The van der Waals surface area contributed by atoms with E-state index in [-0.39, 0.29) is 63.4 Å². The molecule has 0 spiro atoms. The fourth-order valence-corrected chi connectivity index (χ4v) is 17.3. The summed E-state index contributed by atoms with van der Waals surface area (Å²) < 4.78 is 161. The fraction of sp³-hybridized carbons (Fsp3) is 0.0909. The van der Waals surface area contributed by atoms with Crippen LogP contribution < -0.4 is 20.9 Å². The molecule has 0 atom stereocenters. The number of rotatable bonds is 14. The number of aryl methyl sites for hydroxylation is 8. The van der Waals surface area contributed by atoms with Crippen LogP contribution in [0.4, 0.5) is 22.7 Å². The standard InChI is InChI=1S/2C16H15ClN4O2S.2C8H5Cl2N3O2S.2C8H6ClN3.2C8H11N.C4H2Cl2N2.C4H5N.2ClHO3S/c1-11-8-12(2)10-13(9-11)20-24(22,23)15-4-3-7-21(15)14-5-6-18-16(17)19-14;1-11-8-12(2)10-13(9-11)20-24(22,23)15-4-3-7-21(15)16-18-6-5-14(17)19-16;9-8-11-4-3-6(12-8)13-5-1-2-7(13)16(10,14)15;9-6-3-4-11-8(12-6)13-5-1-2-7(13)16(10,14)15;9-8-10-4-3-7(11-8)12-5-1-2-6-12;9-7-3-4-10-8(11-7)12-5-1-2-6-12;2*1-6-3-7(2)5-8(9)4-6;5-3-1-2-7-4(6)8-3;1-2-4-5-3-1;2*1-5(2,3)4/h2*3-10,20H,1-2H3;2*1-5H;2*1-6H;2*3-5H,9H2,1-2H3;1-2H;1-5H;2*(H,2,3,4). The molecule has 0 bridgehead atoms. The minimum atomic E-state index is -4.19. The molecule has 18 rings (SSSR count). The lowest BCUT2D eigenvalue weighted by molar-refractivity contribution is 0.499. The van der Waals surface area contributed by atoms with E-state index in [9.17, 15) is 33.7 Å². The van der Waals surface area contributed by atoms with Crippen molar-refractivity contribution >= 4 is 215 Å². The highest BCUT2D eigenvalue weighted by atomic mass is 35.7. The molecule has 14 aromatic heterocycles. The van der Waals surface area contributed by atoms with Gasteiger partial charge in [-0.15, -0.1) is 0 Å². The Bertz CT molecular complexity index is 7390. The number of hydrogen-bond acceptors (Lipinski definition) is 28. The van der Waals surface area contributed by atoms with Crippen molar-refractivity contribution in [3.63, 3.8) is 0 Å². The Kier molecular flexibility index (Phi) is 47.0. The van der Waals surface area contributed by atoms with Crippen LogP contribution in [0.5, 0.6) is 0 Å². The normalized spacial score (nSPS) is 10.8. The van der Waals surface area contributed by atoms with E-state index in [0.29, 0.717) is 39.3 Å². The van der Waals surface area contributed by atoms with Crippen molar-refractivity contribution in [3.05, 3.63) is 392 Å². The van der Waals surface area contributed by atoms with Crippen molar-refractivity contribution in [2.45, 2.75) is 75.5 Å². The van der Waals surface area contributed by atoms with Gasteiger partial charge in [0.25, 0.3) is 38.1 Å². The molecule has 0 aliphatic carbocycles. The molecule has 0 fully saturated rings. The third-order valence-electron chi connectivity index (χ3n) is 16.7. The first kappa shape index (κ1) is 120. The van der Waals surface area contributed by atoms with Crippen LogP contribution in [0.3, 0.4) is 0 Å². The number of sulfonamides is 2. The van der Waals surface area contributed by atoms with Crippen LogP contribution in [0.15, 0.2) is 326 Å². The Hall–Kier alpha value is -12.3. The Labute approximate surface area is 892 Å². The molecule has 4 aromatic carbocycles. The Morgan fingerprint density at radius 1 is 0.283 bits per heavy atom. The van der Waals surface area contributed by atoms with Crippen molar-refractivity contribution in [2.24, 2.45) is 0 Å². The van der Waals surface area contributed by atoms with Gasteiger partial charge >= 0.3 is 18.7 Å². The lowest BCUT2D eigenvalue weighted by Gasteiger charge is -2.12. The first-order valence-electron chi connectivity index (χ1n) is 40.3. The van der Waals surface area contributed by atoms with Crippen LogP contribution in [-0.2, 0) is 56.8 Å². The Morgan fingerprint density at radius 2 is 0.538 bits per heavy atom. The maximum Gasteiger partial charge on any atom is 0.353 e. The molecule has 145 heavy (non-hydrogen) atoms. The number of nitrogens with two attached hydrogens (primary N) is 2. The lowest BCUT2D eigenvalue weighted by Crippen LogP contribution is -2.17. The number of H-pyrrole nitrogens is 1. The Morgan fingerprint density at radius 3 is 0.841 bits per heavy atom. The summed E-state index contributed by atoms with van der Waals surface area (Å²) in [5.41, 5.74) is 22.7. The van der Waals surface area contributed by atoms with Gasteiger partial charge in [0.2, 0.25) is 39.0 Å². The third-order valence-corrected chi connectivity index (χ3v) is 23.7. The summed E-state index contributed by atoms with van der Waals surface area (Å²) in [4.78, 5) is 57.3. The number of hydrogen-bond donors (Lipinski definition) is 7. The van der Waals surface area contributed by atoms with Gasteiger partial charge in [0.1, 0.15) is 38.1 Å². The molecule has 764 valence electrons. The van der Waals surface area contributed by atoms with Gasteiger partial charge in [-0.25, -0.2) is 71.7 Å². The summed E-state index contributed by atoms with van der Waals surface area (Å²) in [6.45, 7) is 15.8. The predicted octanol–water partition coefficient (Wildman–Crippen LogP) is 20.8. The minimum absolute atomic E-state index is 0.0314. The average Bonchev–Trinajstić information content (AvgIpc) is 1.69. The SMILES string of the molecule is Cc1cc(C)cc(N)c1.Cc1cc(C)cc(N)c1.Cc1cc(C)cc(NS(=O)(=O)c2cccn2-c2ccnc(Cl)n2)c1.Cc1cc(C)cc(NS(=O)(=O)c2cccn2-c2nccc(Cl)n2)c1.Clc1ccnc(-n2cccc2)n1.Clc1ccnc(Cl)n1.Clc1nccc(-n2cccc2)n1.O=S(=O)(Cl)c1cccn1-c1ccnc(Cl)n1.O=S(=O)(Cl)c1cccn1-c1nccc(Cl)n1.O=S(=O)(O)Cl.O=S(=O)(O)Cl.c1cc[nH]c1. The number of aromatic nitrogens is 21. The van der Waals surface area contributed by atoms with Gasteiger partial charge in [-0.05, 0) is 322 Å². The summed E-state index contributed by atoms with van der Waals surface area (Å²) >= 11 is 45.0. The second-order valence-electron chi connectivity index (χ2n) is 28.7. The number of nitrogen functional groups attached to an aromatic ring is 2. The number of halogens is 12.